The lowest BCUT2D eigenvalue weighted by molar-refractivity contribution is -0.161. The molecule has 10 heteroatoms. The van der Waals surface area contributed by atoms with Gasteiger partial charge >= 0.3 is 19.8 Å². The summed E-state index contributed by atoms with van der Waals surface area (Å²) >= 11 is 0. The Bertz CT molecular complexity index is 996. The van der Waals surface area contributed by atoms with Gasteiger partial charge in [0, 0.05) is 12.8 Å². The van der Waals surface area contributed by atoms with Crippen molar-refractivity contribution in [3.63, 3.8) is 0 Å². The van der Waals surface area contributed by atoms with Gasteiger partial charge in [0.25, 0.3) is 0 Å². The number of ether oxygens (including phenoxy) is 2. The molecule has 0 unspecified atom stereocenters. The van der Waals surface area contributed by atoms with Gasteiger partial charge in [0.05, 0.1) is 12.7 Å². The van der Waals surface area contributed by atoms with Crippen LogP contribution in [0.1, 0.15) is 149 Å². The first-order valence-electron chi connectivity index (χ1n) is 18.7. The Kier molecular flexibility index (Phi) is 32.6. The van der Waals surface area contributed by atoms with Crippen LogP contribution in [0.2, 0.25) is 0 Å². The van der Waals surface area contributed by atoms with Gasteiger partial charge in [-0.3, -0.25) is 14.1 Å². The highest BCUT2D eigenvalue weighted by atomic mass is 31.2. The first-order valence-corrected chi connectivity index (χ1v) is 20.2. The summed E-state index contributed by atoms with van der Waals surface area (Å²) in [5.74, 6) is -1.10. The highest BCUT2D eigenvalue weighted by molar-refractivity contribution is 7.46. The van der Waals surface area contributed by atoms with Crippen LogP contribution in [-0.4, -0.2) is 52.3 Å². The van der Waals surface area contributed by atoms with Crippen molar-refractivity contribution in [2.45, 2.75) is 161 Å². The van der Waals surface area contributed by atoms with Gasteiger partial charge in [0.15, 0.2) is 6.10 Å². The second-order valence-electron chi connectivity index (χ2n) is 12.4. The summed E-state index contributed by atoms with van der Waals surface area (Å²) < 4.78 is 26.1. The van der Waals surface area contributed by atoms with Crippen LogP contribution in [0, 0.1) is 0 Å². The quantitative estimate of drug-likeness (QED) is 0.0200. The number of hydrogen-bond donors (Lipinski definition) is 3. The molecular formula is C39H67O9P. The maximum Gasteiger partial charge on any atom is 0.469 e. The zero-order valence-corrected chi connectivity index (χ0v) is 31.3. The molecule has 0 aliphatic rings. The minimum Gasteiger partial charge on any atom is -0.462 e. The topological polar surface area (TPSA) is 140 Å². The van der Waals surface area contributed by atoms with E-state index in [2.05, 4.69) is 54.8 Å². The van der Waals surface area contributed by atoms with E-state index in [4.69, 9.17) is 19.3 Å². The predicted molar refractivity (Wildman–Crippen MR) is 199 cm³/mol. The van der Waals surface area contributed by atoms with Crippen molar-refractivity contribution in [3.8, 4) is 0 Å². The largest absolute Gasteiger partial charge is 0.469 e. The van der Waals surface area contributed by atoms with E-state index in [1.165, 1.54) is 44.9 Å². The van der Waals surface area contributed by atoms with Crippen molar-refractivity contribution >= 4 is 19.8 Å². The van der Waals surface area contributed by atoms with Crippen molar-refractivity contribution in [3.05, 3.63) is 60.8 Å². The fourth-order valence-electron chi connectivity index (χ4n) is 4.76. The number of aliphatic hydroxyl groups excluding tert-OH is 1. The van der Waals surface area contributed by atoms with Crippen molar-refractivity contribution in [1.29, 1.82) is 0 Å². The van der Waals surface area contributed by atoms with Crippen LogP contribution in [0.4, 0.5) is 0 Å². The summed E-state index contributed by atoms with van der Waals surface area (Å²) in [6.07, 6.45) is 38.3. The summed E-state index contributed by atoms with van der Waals surface area (Å²) in [4.78, 5) is 42.7. The number of carbonyl (C=O) groups is 2. The third-order valence-corrected chi connectivity index (χ3v) is 8.10. The van der Waals surface area contributed by atoms with Crippen LogP contribution in [0.3, 0.4) is 0 Å². The Balaban J connectivity index is 4.21. The Morgan fingerprint density at radius 3 is 1.84 bits per heavy atom. The molecule has 0 aromatic heterocycles. The molecule has 49 heavy (non-hydrogen) atoms. The highest BCUT2D eigenvalue weighted by Gasteiger charge is 2.23. The third kappa shape index (κ3) is 36.8. The molecule has 0 fully saturated rings. The summed E-state index contributed by atoms with van der Waals surface area (Å²) in [5.41, 5.74) is 0. The molecule has 0 rings (SSSR count). The lowest BCUT2D eigenvalue weighted by Crippen LogP contribution is -2.29. The second kappa shape index (κ2) is 34.2. The molecule has 282 valence electrons. The Labute approximate surface area is 297 Å². The smallest absolute Gasteiger partial charge is 0.462 e. The molecule has 9 nitrogen and oxygen atoms in total. The normalized spacial score (nSPS) is 13.8. The van der Waals surface area contributed by atoms with Crippen LogP contribution in [0.25, 0.3) is 0 Å². The van der Waals surface area contributed by atoms with Gasteiger partial charge < -0.3 is 24.4 Å². The van der Waals surface area contributed by atoms with Crippen molar-refractivity contribution < 1.29 is 43.0 Å². The number of unbranched alkanes of at least 4 members (excludes halogenated alkanes) is 12. The summed E-state index contributed by atoms with van der Waals surface area (Å²) in [5, 5.41) is 10.2. The first kappa shape index (κ1) is 46.7. The van der Waals surface area contributed by atoms with Crippen LogP contribution in [0.15, 0.2) is 60.8 Å². The fourth-order valence-corrected chi connectivity index (χ4v) is 5.12. The first-order chi connectivity index (χ1) is 23.7. The average Bonchev–Trinajstić information content (AvgIpc) is 3.06. The van der Waals surface area contributed by atoms with Gasteiger partial charge in [-0.05, 0) is 70.6 Å². The predicted octanol–water partition coefficient (Wildman–Crippen LogP) is 9.92. The lowest BCUT2D eigenvalue weighted by atomic mass is 10.1. The molecule has 2 atom stereocenters. The fraction of sp³-hybridized carbons (Fsp3) is 0.692. The number of rotatable bonds is 33. The summed E-state index contributed by atoms with van der Waals surface area (Å²) in [6.45, 7) is 3.44. The SMILES string of the molecule is CCCCC/C=C\C/C=C\C/C=C\C=C\[C@@H](O)CCCC(=O)OC[C@H](COP(=O)(O)O)OC(=O)CCCCCCC/C=C\CCCCCC. The van der Waals surface area contributed by atoms with E-state index in [-0.39, 0.29) is 19.4 Å². The van der Waals surface area contributed by atoms with Gasteiger partial charge in [-0.2, -0.15) is 0 Å². The van der Waals surface area contributed by atoms with Gasteiger partial charge in [-0.1, -0.05) is 126 Å². The van der Waals surface area contributed by atoms with E-state index in [1.807, 2.05) is 12.2 Å². The van der Waals surface area contributed by atoms with E-state index in [0.29, 0.717) is 19.3 Å². The lowest BCUT2D eigenvalue weighted by Gasteiger charge is -2.18. The average molecular weight is 711 g/mol. The number of allylic oxidation sites excluding steroid dienone is 9. The molecule has 0 amide bonds. The molecule has 0 radical (unpaired) electrons. The number of phosphoric ester groups is 1. The zero-order valence-electron chi connectivity index (χ0n) is 30.4. The Morgan fingerprint density at radius 2 is 1.16 bits per heavy atom. The molecule has 0 saturated carbocycles. The van der Waals surface area contributed by atoms with Gasteiger partial charge in [-0.15, -0.1) is 0 Å². The number of aliphatic hydroxyl groups is 1. The van der Waals surface area contributed by atoms with E-state index in [0.717, 1.165) is 57.8 Å². The van der Waals surface area contributed by atoms with E-state index >= 15 is 0 Å². The molecule has 0 spiro atoms. The van der Waals surface area contributed by atoms with Crippen molar-refractivity contribution in [2.24, 2.45) is 0 Å². The van der Waals surface area contributed by atoms with Gasteiger partial charge in [0.2, 0.25) is 0 Å². The summed E-state index contributed by atoms with van der Waals surface area (Å²) in [6, 6.07) is 0. The zero-order chi connectivity index (χ0) is 36.3. The number of esters is 2. The number of hydrogen-bond acceptors (Lipinski definition) is 7. The Hall–Kier alpha value is -2.29. The number of phosphoric acid groups is 1. The van der Waals surface area contributed by atoms with Gasteiger partial charge in [-0.25, -0.2) is 4.57 Å². The minimum atomic E-state index is -4.80. The molecule has 0 aliphatic carbocycles. The van der Waals surface area contributed by atoms with Crippen LogP contribution in [0.5, 0.6) is 0 Å². The molecule has 3 N–H and O–H groups in total. The van der Waals surface area contributed by atoms with E-state index in [1.54, 1.807) is 12.2 Å². The standard InChI is InChI=1S/C39H67O9P/c1-3-5-7-9-11-13-15-17-19-21-23-25-27-30-36(40)31-29-33-38(41)46-34-37(35-47-49(43,44)45)48-39(42)32-28-26-24-22-20-18-16-14-12-10-8-6-4-2/h11,13-14,16-17,19,23,25,27,30,36-37,40H,3-10,12,15,18,20-22,24,26,28-29,31-35H2,1-2H3,(H2,43,44,45)/b13-11-,16-14-,19-17-,25-23-,30-27+/t36-,37-/m1/s1. The highest BCUT2D eigenvalue weighted by Crippen LogP contribution is 2.36. The maximum atomic E-state index is 12.3. The molecule has 0 bridgehead atoms. The molecule has 0 heterocycles. The minimum absolute atomic E-state index is 0.0351. The van der Waals surface area contributed by atoms with Crippen LogP contribution >= 0.6 is 7.82 Å². The van der Waals surface area contributed by atoms with Crippen LogP contribution in [-0.2, 0) is 28.2 Å². The molecule has 0 saturated heterocycles. The van der Waals surface area contributed by atoms with Gasteiger partial charge in [0.1, 0.15) is 6.61 Å². The Morgan fingerprint density at radius 1 is 0.633 bits per heavy atom. The van der Waals surface area contributed by atoms with Crippen molar-refractivity contribution in [1.82, 2.24) is 0 Å². The van der Waals surface area contributed by atoms with Crippen molar-refractivity contribution in [2.75, 3.05) is 13.2 Å². The summed E-state index contributed by atoms with van der Waals surface area (Å²) in [7, 11) is -4.80. The number of carbonyl (C=O) groups excluding carboxylic acids is 2. The van der Waals surface area contributed by atoms with E-state index < -0.39 is 38.6 Å². The van der Waals surface area contributed by atoms with Crippen LogP contribution < -0.4 is 0 Å². The maximum absolute atomic E-state index is 12.3. The molecule has 0 aromatic rings. The van der Waals surface area contributed by atoms with E-state index in [9.17, 15) is 19.3 Å². The molecular weight excluding hydrogens is 643 g/mol. The second-order valence-corrected chi connectivity index (χ2v) is 13.6. The molecule has 0 aliphatic heterocycles. The molecule has 0 aromatic carbocycles. The third-order valence-electron chi connectivity index (χ3n) is 7.61. The monoisotopic (exact) mass is 710 g/mol.